The number of ether oxygens (including phenoxy) is 2. The molecule has 0 spiro atoms. The van der Waals surface area contributed by atoms with Gasteiger partial charge in [0.1, 0.15) is 4.75 Å². The van der Waals surface area contributed by atoms with E-state index in [1.165, 1.54) is 14.2 Å². The number of rotatable bonds is 5. The van der Waals surface area contributed by atoms with Gasteiger partial charge in [0.25, 0.3) is 5.62 Å². The number of aliphatic hydroxyl groups excluding tert-OH is 1. The van der Waals surface area contributed by atoms with Gasteiger partial charge < -0.3 is 14.6 Å². The van der Waals surface area contributed by atoms with Gasteiger partial charge in [0.05, 0.1) is 6.61 Å². The Morgan fingerprint density at radius 1 is 1.38 bits per heavy atom. The highest BCUT2D eigenvalue weighted by Crippen LogP contribution is 2.44. The lowest BCUT2D eigenvalue weighted by Gasteiger charge is -2.38. The van der Waals surface area contributed by atoms with Crippen LogP contribution in [-0.2, 0) is 30.5 Å². The summed E-state index contributed by atoms with van der Waals surface area (Å²) in [6, 6.07) is 5.07. The first-order valence-corrected chi connectivity index (χ1v) is 8.54. The van der Waals surface area contributed by atoms with Crippen molar-refractivity contribution >= 4 is 21.4 Å². The monoisotopic (exact) mass is 334 g/mol. The van der Waals surface area contributed by atoms with Crippen molar-refractivity contribution in [3.05, 3.63) is 34.3 Å². The van der Waals surface area contributed by atoms with Gasteiger partial charge in [-0.2, -0.15) is 0 Å². The standard InChI is InChI=1S/C14H19ClO5S/c1-19-13(20-2)21(17,18)14(9-16)7-3-4-10-8-11(15)5-6-12(10)14/h5-6,8,13,16H,3-4,7,9H2,1-2H3. The van der Waals surface area contributed by atoms with Crippen molar-refractivity contribution in [1.29, 1.82) is 0 Å². The largest absolute Gasteiger partial charge is 0.394 e. The molecule has 7 heteroatoms. The number of fused-ring (bicyclic) bond motifs is 1. The molecular formula is C14H19ClO5S. The van der Waals surface area contributed by atoms with Crippen LogP contribution in [0.2, 0.25) is 5.02 Å². The third kappa shape index (κ3) is 2.59. The molecule has 1 N–H and O–H groups in total. The zero-order valence-corrected chi connectivity index (χ0v) is 13.6. The Morgan fingerprint density at radius 3 is 2.62 bits per heavy atom. The number of sulfone groups is 1. The van der Waals surface area contributed by atoms with E-state index in [9.17, 15) is 13.5 Å². The summed E-state index contributed by atoms with van der Waals surface area (Å²) in [6.07, 6.45) is 1.70. The topological polar surface area (TPSA) is 72.8 Å². The fourth-order valence-electron chi connectivity index (χ4n) is 3.00. The lowest BCUT2D eigenvalue weighted by atomic mass is 9.82. The molecule has 0 radical (unpaired) electrons. The summed E-state index contributed by atoms with van der Waals surface area (Å²) in [4.78, 5) is 0. The summed E-state index contributed by atoms with van der Waals surface area (Å²) in [5, 5.41) is 10.5. The number of halogens is 1. The van der Waals surface area contributed by atoms with Gasteiger partial charge in [0, 0.05) is 19.2 Å². The molecular weight excluding hydrogens is 316 g/mol. The summed E-state index contributed by atoms with van der Waals surface area (Å²) in [6.45, 7) is -0.521. The highest BCUT2D eigenvalue weighted by molar-refractivity contribution is 7.92. The molecule has 2 rings (SSSR count). The Kier molecular flexibility index (Phi) is 4.95. The SMILES string of the molecule is COC(OC)S(=O)(=O)C1(CO)CCCc2cc(Cl)ccc21. The van der Waals surface area contributed by atoms with E-state index < -0.39 is 26.8 Å². The van der Waals surface area contributed by atoms with E-state index >= 15 is 0 Å². The number of hydrogen-bond acceptors (Lipinski definition) is 5. The van der Waals surface area contributed by atoms with E-state index in [0.717, 1.165) is 12.0 Å². The van der Waals surface area contributed by atoms with Crippen LogP contribution in [0, 0.1) is 0 Å². The maximum atomic E-state index is 12.9. The molecule has 5 nitrogen and oxygen atoms in total. The molecule has 0 aliphatic heterocycles. The molecule has 0 heterocycles. The zero-order valence-electron chi connectivity index (χ0n) is 12.0. The van der Waals surface area contributed by atoms with Crippen LogP contribution < -0.4 is 0 Å². The van der Waals surface area contributed by atoms with Gasteiger partial charge in [0.15, 0.2) is 0 Å². The van der Waals surface area contributed by atoms with Crippen molar-refractivity contribution in [2.45, 2.75) is 29.6 Å². The lowest BCUT2D eigenvalue weighted by molar-refractivity contribution is -0.0442. The molecule has 1 aromatic rings. The molecule has 0 amide bonds. The van der Waals surface area contributed by atoms with Gasteiger partial charge in [-0.3, -0.25) is 0 Å². The van der Waals surface area contributed by atoms with Crippen molar-refractivity contribution in [2.24, 2.45) is 0 Å². The van der Waals surface area contributed by atoms with Crippen LogP contribution in [0.25, 0.3) is 0 Å². The van der Waals surface area contributed by atoms with Gasteiger partial charge in [-0.25, -0.2) is 8.42 Å². The highest BCUT2D eigenvalue weighted by atomic mass is 35.5. The lowest BCUT2D eigenvalue weighted by Crippen LogP contribution is -2.48. The van der Waals surface area contributed by atoms with E-state index in [-0.39, 0.29) is 0 Å². The van der Waals surface area contributed by atoms with Gasteiger partial charge in [-0.1, -0.05) is 17.7 Å². The van der Waals surface area contributed by atoms with Crippen molar-refractivity contribution in [3.63, 3.8) is 0 Å². The predicted molar refractivity (Wildman–Crippen MR) is 79.9 cm³/mol. The Balaban J connectivity index is 2.64. The van der Waals surface area contributed by atoms with Gasteiger partial charge in [0.2, 0.25) is 9.84 Å². The number of methoxy groups -OCH3 is 2. The Hall–Kier alpha value is -0.660. The van der Waals surface area contributed by atoms with Crippen LogP contribution in [0.5, 0.6) is 0 Å². The first-order chi connectivity index (χ1) is 9.92. The predicted octanol–water partition coefficient (Wildman–Crippen LogP) is 1.86. The van der Waals surface area contributed by atoms with Crippen LogP contribution >= 0.6 is 11.6 Å². The number of aliphatic hydroxyl groups is 1. The van der Waals surface area contributed by atoms with Gasteiger partial charge in [-0.15, -0.1) is 0 Å². The minimum Gasteiger partial charge on any atom is -0.394 e. The van der Waals surface area contributed by atoms with Gasteiger partial charge >= 0.3 is 0 Å². The van der Waals surface area contributed by atoms with E-state index in [1.807, 2.05) is 0 Å². The molecule has 1 aliphatic carbocycles. The minimum atomic E-state index is -3.90. The zero-order chi connectivity index (χ0) is 15.7. The second-order valence-electron chi connectivity index (χ2n) is 5.11. The first-order valence-electron chi connectivity index (χ1n) is 6.61. The van der Waals surface area contributed by atoms with Crippen molar-refractivity contribution < 1.29 is 23.0 Å². The molecule has 0 bridgehead atoms. The van der Waals surface area contributed by atoms with Crippen LogP contribution in [0.4, 0.5) is 0 Å². The smallest absolute Gasteiger partial charge is 0.263 e. The molecule has 118 valence electrons. The Morgan fingerprint density at radius 2 is 2.05 bits per heavy atom. The van der Waals surface area contributed by atoms with Crippen LogP contribution in [0.3, 0.4) is 0 Å². The number of benzene rings is 1. The maximum Gasteiger partial charge on any atom is 0.263 e. The maximum absolute atomic E-state index is 12.9. The van der Waals surface area contributed by atoms with Gasteiger partial charge in [-0.05, 0) is 42.5 Å². The molecule has 1 aromatic carbocycles. The van der Waals surface area contributed by atoms with Crippen molar-refractivity contribution in [2.75, 3.05) is 20.8 Å². The third-order valence-corrected chi connectivity index (χ3v) is 6.79. The molecule has 1 aliphatic rings. The van der Waals surface area contributed by atoms with E-state index in [4.69, 9.17) is 21.1 Å². The van der Waals surface area contributed by atoms with Crippen LogP contribution in [0.1, 0.15) is 24.0 Å². The van der Waals surface area contributed by atoms with E-state index in [2.05, 4.69) is 0 Å². The summed E-state index contributed by atoms with van der Waals surface area (Å²) in [5.74, 6) is 0. The van der Waals surface area contributed by atoms with Crippen molar-refractivity contribution in [1.82, 2.24) is 0 Å². The molecule has 21 heavy (non-hydrogen) atoms. The number of hydrogen-bond donors (Lipinski definition) is 1. The first kappa shape index (κ1) is 16.7. The van der Waals surface area contributed by atoms with E-state index in [1.54, 1.807) is 18.2 Å². The Labute approximate surface area is 129 Å². The molecule has 1 unspecified atom stereocenters. The normalized spacial score (nSPS) is 22.3. The molecule has 0 saturated heterocycles. The van der Waals surface area contributed by atoms with E-state index in [0.29, 0.717) is 23.4 Å². The van der Waals surface area contributed by atoms with Crippen LogP contribution in [0.15, 0.2) is 18.2 Å². The summed E-state index contributed by atoms with van der Waals surface area (Å²) < 4.78 is 34.3. The molecule has 1 atom stereocenters. The molecule has 0 fully saturated rings. The van der Waals surface area contributed by atoms with Crippen molar-refractivity contribution in [3.8, 4) is 0 Å². The third-order valence-electron chi connectivity index (χ3n) is 4.02. The molecule has 0 saturated carbocycles. The molecule has 0 aromatic heterocycles. The minimum absolute atomic E-state index is 0.323. The second-order valence-corrected chi connectivity index (χ2v) is 7.81. The second kappa shape index (κ2) is 6.22. The summed E-state index contributed by atoms with van der Waals surface area (Å²) >= 11 is 5.98. The average molecular weight is 335 g/mol. The average Bonchev–Trinajstić information content (AvgIpc) is 2.46. The highest BCUT2D eigenvalue weighted by Gasteiger charge is 2.51. The summed E-state index contributed by atoms with van der Waals surface area (Å²) in [5.41, 5.74) is 0.0170. The van der Waals surface area contributed by atoms with Crippen LogP contribution in [-0.4, -0.2) is 40.0 Å². The quantitative estimate of drug-likeness (QED) is 0.832. The fraction of sp³-hybridized carbons (Fsp3) is 0.571. The number of aryl methyl sites for hydroxylation is 1. The fourth-order valence-corrected chi connectivity index (χ4v) is 5.18. The Bertz CT molecular complexity index is 612. The summed E-state index contributed by atoms with van der Waals surface area (Å²) in [7, 11) is -1.37.